The van der Waals surface area contributed by atoms with Gasteiger partial charge in [0.1, 0.15) is 5.69 Å². The van der Waals surface area contributed by atoms with Crippen LogP contribution in [0.15, 0.2) is 22.9 Å². The number of aromatic carboxylic acids is 1. The summed E-state index contributed by atoms with van der Waals surface area (Å²) >= 11 is 0. The van der Waals surface area contributed by atoms with E-state index in [1.54, 1.807) is 13.0 Å². The maximum absolute atomic E-state index is 10.7. The fraction of sp³-hybridized carbons (Fsp3) is 0.273. The first-order chi connectivity index (χ1) is 8.65. The van der Waals surface area contributed by atoms with Crippen molar-refractivity contribution >= 4 is 11.7 Å². The molecule has 0 unspecified atom stereocenters. The molecule has 0 spiro atoms. The standard InChI is InChI=1S/C11H12N4O3/c1-7-14-10(15-18-7)3-5-12-8-2-4-13-9(6-8)11(16)17/h2,4,6H,3,5H2,1H3,(H,12,13)(H,16,17). The molecule has 0 amide bonds. The van der Waals surface area contributed by atoms with Gasteiger partial charge in [0.2, 0.25) is 5.89 Å². The average molecular weight is 248 g/mol. The highest BCUT2D eigenvalue weighted by molar-refractivity contribution is 5.86. The van der Waals surface area contributed by atoms with E-state index < -0.39 is 5.97 Å². The summed E-state index contributed by atoms with van der Waals surface area (Å²) in [7, 11) is 0. The van der Waals surface area contributed by atoms with Crippen LogP contribution in [0.25, 0.3) is 0 Å². The lowest BCUT2D eigenvalue weighted by Gasteiger charge is -2.04. The van der Waals surface area contributed by atoms with Gasteiger partial charge in [0.15, 0.2) is 5.82 Å². The topological polar surface area (TPSA) is 101 Å². The van der Waals surface area contributed by atoms with Crippen molar-refractivity contribution in [1.29, 1.82) is 0 Å². The third-order valence-electron chi connectivity index (χ3n) is 2.23. The number of carboxylic acid groups (broad SMARTS) is 1. The molecule has 2 heterocycles. The minimum atomic E-state index is -1.05. The van der Waals surface area contributed by atoms with Crippen LogP contribution in [0.4, 0.5) is 5.69 Å². The molecule has 0 saturated heterocycles. The van der Waals surface area contributed by atoms with E-state index in [0.29, 0.717) is 30.4 Å². The fourth-order valence-corrected chi connectivity index (χ4v) is 1.42. The molecule has 0 aliphatic rings. The number of aryl methyl sites for hydroxylation is 1. The van der Waals surface area contributed by atoms with Gasteiger partial charge in [-0.25, -0.2) is 9.78 Å². The van der Waals surface area contributed by atoms with Crippen LogP contribution in [0, 0.1) is 6.92 Å². The Labute approximate surface area is 103 Å². The van der Waals surface area contributed by atoms with Crippen molar-refractivity contribution in [2.24, 2.45) is 0 Å². The molecule has 0 aliphatic heterocycles. The molecule has 7 heteroatoms. The lowest BCUT2D eigenvalue weighted by atomic mass is 10.3. The van der Waals surface area contributed by atoms with Gasteiger partial charge in [-0.1, -0.05) is 5.16 Å². The summed E-state index contributed by atoms with van der Waals surface area (Å²) in [6.45, 7) is 2.31. The molecule has 0 saturated carbocycles. The Kier molecular flexibility index (Phi) is 3.52. The van der Waals surface area contributed by atoms with Crippen LogP contribution in [0.2, 0.25) is 0 Å². The molecule has 0 atom stereocenters. The Bertz CT molecular complexity index is 553. The number of pyridine rings is 1. The number of carboxylic acids is 1. The van der Waals surface area contributed by atoms with Crippen molar-refractivity contribution in [2.45, 2.75) is 13.3 Å². The smallest absolute Gasteiger partial charge is 0.354 e. The lowest BCUT2D eigenvalue weighted by molar-refractivity contribution is 0.0690. The zero-order valence-electron chi connectivity index (χ0n) is 9.75. The van der Waals surface area contributed by atoms with E-state index in [1.165, 1.54) is 12.3 Å². The average Bonchev–Trinajstić information content (AvgIpc) is 2.75. The lowest BCUT2D eigenvalue weighted by Crippen LogP contribution is -2.07. The molecule has 0 radical (unpaired) electrons. The molecule has 0 aromatic carbocycles. The van der Waals surface area contributed by atoms with Crippen molar-refractivity contribution in [1.82, 2.24) is 15.1 Å². The quantitative estimate of drug-likeness (QED) is 0.817. The second-order valence-electron chi connectivity index (χ2n) is 3.64. The van der Waals surface area contributed by atoms with Gasteiger partial charge in [-0.05, 0) is 12.1 Å². The zero-order chi connectivity index (χ0) is 13.0. The predicted molar refractivity (Wildman–Crippen MR) is 62.4 cm³/mol. The molecule has 0 aliphatic carbocycles. The Morgan fingerprint density at radius 3 is 3.06 bits per heavy atom. The van der Waals surface area contributed by atoms with Gasteiger partial charge >= 0.3 is 5.97 Å². The van der Waals surface area contributed by atoms with Crippen LogP contribution >= 0.6 is 0 Å². The van der Waals surface area contributed by atoms with Gasteiger partial charge in [-0.2, -0.15) is 4.98 Å². The molecule has 0 fully saturated rings. The number of anilines is 1. The third-order valence-corrected chi connectivity index (χ3v) is 2.23. The van der Waals surface area contributed by atoms with Crippen LogP contribution in [0.1, 0.15) is 22.2 Å². The van der Waals surface area contributed by atoms with Crippen molar-refractivity contribution in [3.8, 4) is 0 Å². The van der Waals surface area contributed by atoms with E-state index in [-0.39, 0.29) is 5.69 Å². The summed E-state index contributed by atoms with van der Waals surface area (Å²) in [5.74, 6) is 0.0991. The summed E-state index contributed by atoms with van der Waals surface area (Å²) in [4.78, 5) is 18.5. The SMILES string of the molecule is Cc1nc(CCNc2ccnc(C(=O)O)c2)no1. The van der Waals surface area contributed by atoms with Gasteiger partial charge < -0.3 is 14.9 Å². The maximum atomic E-state index is 10.7. The van der Waals surface area contributed by atoms with Crippen molar-refractivity contribution in [3.63, 3.8) is 0 Å². The monoisotopic (exact) mass is 248 g/mol. The van der Waals surface area contributed by atoms with Gasteiger partial charge in [0, 0.05) is 31.8 Å². The molecule has 94 valence electrons. The van der Waals surface area contributed by atoms with E-state index in [1.807, 2.05) is 0 Å². The normalized spacial score (nSPS) is 10.3. The van der Waals surface area contributed by atoms with Crippen LogP contribution in [0.3, 0.4) is 0 Å². The molecule has 2 N–H and O–H groups in total. The fourth-order valence-electron chi connectivity index (χ4n) is 1.42. The summed E-state index contributed by atoms with van der Waals surface area (Å²) in [5, 5.41) is 15.6. The summed E-state index contributed by atoms with van der Waals surface area (Å²) in [6.07, 6.45) is 2.05. The van der Waals surface area contributed by atoms with Gasteiger partial charge in [0.05, 0.1) is 0 Å². The van der Waals surface area contributed by atoms with E-state index in [0.717, 1.165) is 0 Å². The molecule has 0 bridgehead atoms. The van der Waals surface area contributed by atoms with E-state index in [4.69, 9.17) is 9.63 Å². The van der Waals surface area contributed by atoms with Gasteiger partial charge in [0.25, 0.3) is 0 Å². The number of carbonyl (C=O) groups is 1. The minimum absolute atomic E-state index is 0.00963. The van der Waals surface area contributed by atoms with Crippen molar-refractivity contribution < 1.29 is 14.4 Å². The summed E-state index contributed by atoms with van der Waals surface area (Å²) in [6, 6.07) is 3.18. The summed E-state index contributed by atoms with van der Waals surface area (Å²) < 4.78 is 4.84. The van der Waals surface area contributed by atoms with Crippen LogP contribution in [-0.2, 0) is 6.42 Å². The van der Waals surface area contributed by atoms with Crippen molar-refractivity contribution in [2.75, 3.05) is 11.9 Å². The predicted octanol–water partition coefficient (Wildman–Crippen LogP) is 1.13. The Morgan fingerprint density at radius 2 is 2.39 bits per heavy atom. The van der Waals surface area contributed by atoms with Crippen molar-refractivity contribution in [3.05, 3.63) is 35.7 Å². The Morgan fingerprint density at radius 1 is 1.56 bits per heavy atom. The molecule has 2 aromatic rings. The van der Waals surface area contributed by atoms with E-state index in [9.17, 15) is 4.79 Å². The molecule has 18 heavy (non-hydrogen) atoms. The molecule has 7 nitrogen and oxygen atoms in total. The molecule has 2 aromatic heterocycles. The number of aromatic nitrogens is 3. The first kappa shape index (κ1) is 12.0. The Balaban J connectivity index is 1.90. The largest absolute Gasteiger partial charge is 0.477 e. The van der Waals surface area contributed by atoms with Crippen LogP contribution < -0.4 is 5.32 Å². The second kappa shape index (κ2) is 5.26. The third kappa shape index (κ3) is 3.03. The number of nitrogens with one attached hydrogen (secondary N) is 1. The minimum Gasteiger partial charge on any atom is -0.477 e. The maximum Gasteiger partial charge on any atom is 0.354 e. The molecular weight excluding hydrogens is 236 g/mol. The van der Waals surface area contributed by atoms with Gasteiger partial charge in [-0.3, -0.25) is 0 Å². The highest BCUT2D eigenvalue weighted by Crippen LogP contribution is 2.08. The highest BCUT2D eigenvalue weighted by Gasteiger charge is 2.05. The zero-order valence-corrected chi connectivity index (χ0v) is 9.75. The van der Waals surface area contributed by atoms with E-state index >= 15 is 0 Å². The van der Waals surface area contributed by atoms with Crippen LogP contribution in [0.5, 0.6) is 0 Å². The second-order valence-corrected chi connectivity index (χ2v) is 3.64. The number of nitrogens with zero attached hydrogens (tertiary/aromatic N) is 3. The van der Waals surface area contributed by atoms with E-state index in [2.05, 4.69) is 20.4 Å². The molecular formula is C11H12N4O3. The van der Waals surface area contributed by atoms with Crippen LogP contribution in [-0.4, -0.2) is 32.7 Å². The highest BCUT2D eigenvalue weighted by atomic mass is 16.5. The first-order valence-electron chi connectivity index (χ1n) is 5.37. The summed E-state index contributed by atoms with van der Waals surface area (Å²) in [5.41, 5.74) is 0.707. The Hall–Kier alpha value is -2.44. The van der Waals surface area contributed by atoms with Gasteiger partial charge in [-0.15, -0.1) is 0 Å². The first-order valence-corrected chi connectivity index (χ1v) is 5.37. The molecule has 2 rings (SSSR count). The number of hydrogen-bond acceptors (Lipinski definition) is 6. The number of hydrogen-bond donors (Lipinski definition) is 2. The number of rotatable bonds is 5.